The van der Waals surface area contributed by atoms with Gasteiger partial charge in [0.1, 0.15) is 0 Å². The largest absolute Gasteiger partial charge is 0.274 e. The fourth-order valence-electron chi connectivity index (χ4n) is 3.22. The smallest absolute Gasteiger partial charge is 0.237 e. The van der Waals surface area contributed by atoms with Crippen LogP contribution < -0.4 is 4.90 Å². The maximum atomic E-state index is 12.3. The van der Waals surface area contributed by atoms with Gasteiger partial charge in [-0.25, -0.2) is 0 Å². The van der Waals surface area contributed by atoms with Crippen LogP contribution in [0.4, 0.5) is 5.69 Å². The van der Waals surface area contributed by atoms with Crippen molar-refractivity contribution in [3.63, 3.8) is 0 Å². The molecule has 0 aromatic heterocycles. The molecular formula is C15H14N2O2. The van der Waals surface area contributed by atoms with Crippen LogP contribution in [0, 0.1) is 29.1 Å². The molecule has 1 saturated heterocycles. The van der Waals surface area contributed by atoms with Crippen LogP contribution in [0.5, 0.6) is 0 Å². The average Bonchev–Trinajstić information content (AvgIpc) is 2.90. The molecule has 0 spiro atoms. The van der Waals surface area contributed by atoms with E-state index < -0.39 is 0 Å². The van der Waals surface area contributed by atoms with Crippen molar-refractivity contribution in [1.29, 1.82) is 5.26 Å². The van der Waals surface area contributed by atoms with Crippen molar-refractivity contribution < 1.29 is 9.59 Å². The Balaban J connectivity index is 1.92. The first kappa shape index (κ1) is 11.9. The van der Waals surface area contributed by atoms with Crippen LogP contribution in [0.2, 0.25) is 0 Å². The highest BCUT2D eigenvalue weighted by atomic mass is 16.2. The molecule has 2 aliphatic rings. The van der Waals surface area contributed by atoms with Crippen molar-refractivity contribution in [3.8, 4) is 6.07 Å². The summed E-state index contributed by atoms with van der Waals surface area (Å²) >= 11 is 0. The van der Waals surface area contributed by atoms with Crippen molar-refractivity contribution in [2.24, 2.45) is 17.8 Å². The SMILES string of the molecule is CC1CC2C(=O)N(c3ccc(C#N)cc3)C(=O)C2C1. The Hall–Kier alpha value is -2.15. The summed E-state index contributed by atoms with van der Waals surface area (Å²) in [7, 11) is 0. The van der Waals surface area contributed by atoms with Gasteiger partial charge >= 0.3 is 0 Å². The number of hydrogen-bond donors (Lipinski definition) is 0. The Bertz CT molecular complexity index is 561. The minimum Gasteiger partial charge on any atom is -0.274 e. The number of nitrogens with zero attached hydrogens (tertiary/aromatic N) is 2. The fraction of sp³-hybridized carbons (Fsp3) is 0.400. The Kier molecular flexibility index (Phi) is 2.63. The van der Waals surface area contributed by atoms with Gasteiger partial charge in [0.05, 0.1) is 29.2 Å². The number of amides is 2. The summed E-state index contributed by atoms with van der Waals surface area (Å²) in [6.07, 6.45) is 1.62. The molecule has 2 fully saturated rings. The minimum atomic E-state index is -0.141. The van der Waals surface area contributed by atoms with Crippen LogP contribution in [0.15, 0.2) is 24.3 Å². The highest BCUT2D eigenvalue weighted by Crippen LogP contribution is 2.44. The first-order chi connectivity index (χ1) is 9.11. The normalized spacial score (nSPS) is 29.5. The lowest BCUT2D eigenvalue weighted by Gasteiger charge is -2.16. The molecule has 1 heterocycles. The number of anilines is 1. The third-order valence-corrected chi connectivity index (χ3v) is 4.13. The van der Waals surface area contributed by atoms with E-state index in [9.17, 15) is 9.59 Å². The van der Waals surface area contributed by atoms with Gasteiger partial charge in [0.2, 0.25) is 11.8 Å². The van der Waals surface area contributed by atoms with E-state index in [4.69, 9.17) is 5.26 Å². The molecule has 96 valence electrons. The molecule has 2 unspecified atom stereocenters. The van der Waals surface area contributed by atoms with E-state index in [1.165, 1.54) is 4.90 Å². The first-order valence-electron chi connectivity index (χ1n) is 6.50. The van der Waals surface area contributed by atoms with E-state index >= 15 is 0 Å². The number of hydrogen-bond acceptors (Lipinski definition) is 3. The average molecular weight is 254 g/mol. The van der Waals surface area contributed by atoms with Gasteiger partial charge in [-0.05, 0) is 43.0 Å². The van der Waals surface area contributed by atoms with Gasteiger partial charge in [-0.2, -0.15) is 5.26 Å². The highest BCUT2D eigenvalue weighted by Gasteiger charge is 2.52. The van der Waals surface area contributed by atoms with E-state index in [0.717, 1.165) is 12.8 Å². The van der Waals surface area contributed by atoms with Crippen LogP contribution in [0.1, 0.15) is 25.3 Å². The number of rotatable bonds is 1. The maximum Gasteiger partial charge on any atom is 0.237 e. The third kappa shape index (κ3) is 1.74. The number of fused-ring (bicyclic) bond motifs is 1. The monoisotopic (exact) mass is 254 g/mol. The van der Waals surface area contributed by atoms with E-state index in [2.05, 4.69) is 6.92 Å². The Morgan fingerprint density at radius 1 is 1.11 bits per heavy atom. The third-order valence-electron chi connectivity index (χ3n) is 4.13. The lowest BCUT2D eigenvalue weighted by Crippen LogP contribution is -2.32. The molecule has 4 heteroatoms. The first-order valence-corrected chi connectivity index (χ1v) is 6.50. The van der Waals surface area contributed by atoms with Crippen molar-refractivity contribution in [2.45, 2.75) is 19.8 Å². The molecule has 3 rings (SSSR count). The molecule has 4 nitrogen and oxygen atoms in total. The summed E-state index contributed by atoms with van der Waals surface area (Å²) in [5.74, 6) is 0.00965. The maximum absolute atomic E-state index is 12.3. The predicted molar refractivity (Wildman–Crippen MR) is 69.0 cm³/mol. The molecule has 2 amide bonds. The molecule has 1 aromatic carbocycles. The molecule has 1 saturated carbocycles. The molecule has 19 heavy (non-hydrogen) atoms. The molecule has 1 aliphatic carbocycles. The second-order valence-electron chi connectivity index (χ2n) is 5.46. The molecule has 0 bridgehead atoms. The molecule has 2 atom stereocenters. The van der Waals surface area contributed by atoms with Gasteiger partial charge in [0.25, 0.3) is 0 Å². The topological polar surface area (TPSA) is 61.2 Å². The summed E-state index contributed by atoms with van der Waals surface area (Å²) in [5.41, 5.74) is 1.10. The molecule has 1 aromatic rings. The lowest BCUT2D eigenvalue weighted by molar-refractivity contribution is -0.123. The summed E-state index contributed by atoms with van der Waals surface area (Å²) in [5, 5.41) is 8.76. The Labute approximate surface area is 111 Å². The van der Waals surface area contributed by atoms with Gasteiger partial charge in [-0.3, -0.25) is 14.5 Å². The summed E-state index contributed by atoms with van der Waals surface area (Å²) in [4.78, 5) is 26.0. The molecule has 0 N–H and O–H groups in total. The van der Waals surface area contributed by atoms with E-state index in [0.29, 0.717) is 17.2 Å². The number of benzene rings is 1. The van der Waals surface area contributed by atoms with Crippen LogP contribution in [0.3, 0.4) is 0 Å². The van der Waals surface area contributed by atoms with E-state index in [-0.39, 0.29) is 23.7 Å². The van der Waals surface area contributed by atoms with Crippen LogP contribution in [-0.2, 0) is 9.59 Å². The van der Waals surface area contributed by atoms with Gasteiger partial charge in [-0.1, -0.05) is 6.92 Å². The standard InChI is InChI=1S/C15H14N2O2/c1-9-6-12-13(7-9)15(19)17(14(12)18)11-4-2-10(8-16)3-5-11/h2-5,9,12-13H,6-7H2,1H3. The van der Waals surface area contributed by atoms with Gasteiger partial charge in [-0.15, -0.1) is 0 Å². The van der Waals surface area contributed by atoms with E-state index in [1.807, 2.05) is 6.07 Å². The lowest BCUT2D eigenvalue weighted by atomic mass is 10.00. The Morgan fingerprint density at radius 3 is 2.11 bits per heavy atom. The summed E-state index contributed by atoms with van der Waals surface area (Å²) in [6.45, 7) is 2.09. The zero-order chi connectivity index (χ0) is 13.6. The minimum absolute atomic E-state index is 0.0796. The van der Waals surface area contributed by atoms with Crippen molar-refractivity contribution in [3.05, 3.63) is 29.8 Å². The molecular weight excluding hydrogens is 240 g/mol. The number of imide groups is 1. The second-order valence-corrected chi connectivity index (χ2v) is 5.46. The van der Waals surface area contributed by atoms with Gasteiger partial charge in [0.15, 0.2) is 0 Å². The predicted octanol–water partition coefficient (Wildman–Crippen LogP) is 2.09. The quantitative estimate of drug-likeness (QED) is 0.721. The van der Waals surface area contributed by atoms with Crippen LogP contribution >= 0.6 is 0 Å². The summed E-state index contributed by atoms with van der Waals surface area (Å²) in [6, 6.07) is 8.62. The molecule has 1 aliphatic heterocycles. The van der Waals surface area contributed by atoms with E-state index in [1.54, 1.807) is 24.3 Å². The zero-order valence-corrected chi connectivity index (χ0v) is 10.7. The highest BCUT2D eigenvalue weighted by molar-refractivity contribution is 6.22. The van der Waals surface area contributed by atoms with Crippen molar-refractivity contribution in [1.82, 2.24) is 0 Å². The van der Waals surface area contributed by atoms with Crippen molar-refractivity contribution >= 4 is 17.5 Å². The van der Waals surface area contributed by atoms with Gasteiger partial charge < -0.3 is 0 Å². The number of carbonyl (C=O) groups is 2. The van der Waals surface area contributed by atoms with Gasteiger partial charge in [0, 0.05) is 0 Å². The second kappa shape index (κ2) is 4.20. The molecule has 0 radical (unpaired) electrons. The summed E-state index contributed by atoms with van der Waals surface area (Å²) < 4.78 is 0. The fourth-order valence-corrected chi connectivity index (χ4v) is 3.22. The zero-order valence-electron chi connectivity index (χ0n) is 10.7. The van der Waals surface area contributed by atoms with Crippen molar-refractivity contribution in [2.75, 3.05) is 4.90 Å². The Morgan fingerprint density at radius 2 is 1.63 bits per heavy atom. The van der Waals surface area contributed by atoms with Crippen LogP contribution in [0.25, 0.3) is 0 Å². The number of carbonyl (C=O) groups excluding carboxylic acids is 2. The van der Waals surface area contributed by atoms with Crippen LogP contribution in [-0.4, -0.2) is 11.8 Å². The number of nitriles is 1.